The van der Waals surface area contributed by atoms with E-state index in [4.69, 9.17) is 4.42 Å². The number of nitrogens with one attached hydrogen (secondary N) is 1. The van der Waals surface area contributed by atoms with Gasteiger partial charge < -0.3 is 14.6 Å². The van der Waals surface area contributed by atoms with Crippen LogP contribution in [0.15, 0.2) is 65.5 Å². The minimum absolute atomic E-state index is 0.0211. The summed E-state index contributed by atoms with van der Waals surface area (Å²) in [5.41, 5.74) is 2.10. The molecule has 0 aliphatic carbocycles. The maximum Gasteiger partial charge on any atom is 0.225 e. The number of benzene rings is 1. The summed E-state index contributed by atoms with van der Waals surface area (Å²) < 4.78 is 7.13. The summed E-state index contributed by atoms with van der Waals surface area (Å²) in [6, 6.07) is 13.7. The van der Waals surface area contributed by atoms with Crippen molar-refractivity contribution in [1.29, 1.82) is 0 Å². The first-order chi connectivity index (χ1) is 13.7. The van der Waals surface area contributed by atoms with Crippen molar-refractivity contribution in [3.63, 3.8) is 0 Å². The molecule has 1 unspecified atom stereocenters. The molecule has 4 rings (SSSR count). The molecule has 1 atom stereocenters. The van der Waals surface area contributed by atoms with Crippen LogP contribution in [0.4, 0.5) is 0 Å². The van der Waals surface area contributed by atoms with Crippen molar-refractivity contribution in [3.8, 4) is 0 Å². The van der Waals surface area contributed by atoms with Crippen molar-refractivity contribution in [1.82, 2.24) is 20.0 Å². The van der Waals surface area contributed by atoms with Crippen LogP contribution in [0.1, 0.15) is 23.3 Å². The van der Waals surface area contributed by atoms with Crippen LogP contribution in [0.2, 0.25) is 0 Å². The third-order valence-electron chi connectivity index (χ3n) is 4.85. The molecule has 0 radical (unpaired) electrons. The number of likely N-dealkylation sites (tertiary alicyclic amines) is 1. The normalized spacial score (nSPS) is 16.5. The molecule has 7 heteroatoms. The molecule has 2 aromatic heterocycles. The van der Waals surface area contributed by atoms with E-state index >= 15 is 0 Å². The summed E-state index contributed by atoms with van der Waals surface area (Å²) in [7, 11) is 0. The molecule has 7 nitrogen and oxygen atoms in total. The van der Waals surface area contributed by atoms with Gasteiger partial charge in [0.15, 0.2) is 0 Å². The van der Waals surface area contributed by atoms with E-state index in [1.165, 1.54) is 5.56 Å². The topological polar surface area (TPSA) is 80.4 Å². The molecular weight excluding hydrogens is 356 g/mol. The zero-order valence-corrected chi connectivity index (χ0v) is 15.5. The number of furan rings is 1. The van der Waals surface area contributed by atoms with Crippen LogP contribution in [-0.2, 0) is 29.2 Å². The van der Waals surface area contributed by atoms with Gasteiger partial charge in [0.1, 0.15) is 5.76 Å². The number of aromatic nitrogens is 2. The Morgan fingerprint density at radius 2 is 2.00 bits per heavy atom. The SMILES string of the molecule is O=C(NCc1cnn(Cc2ccccc2)c1)C1CC(=O)N(Cc2ccco2)C1. The van der Waals surface area contributed by atoms with Crippen molar-refractivity contribution < 1.29 is 14.0 Å². The molecule has 3 aromatic rings. The third kappa shape index (κ3) is 4.31. The van der Waals surface area contributed by atoms with Crippen molar-refractivity contribution in [3.05, 3.63) is 78.0 Å². The molecule has 1 N–H and O–H groups in total. The maximum absolute atomic E-state index is 12.5. The van der Waals surface area contributed by atoms with E-state index in [0.29, 0.717) is 26.2 Å². The van der Waals surface area contributed by atoms with E-state index < -0.39 is 0 Å². The van der Waals surface area contributed by atoms with E-state index in [1.54, 1.807) is 23.4 Å². The third-order valence-corrected chi connectivity index (χ3v) is 4.85. The average molecular weight is 378 g/mol. The van der Waals surface area contributed by atoms with E-state index in [2.05, 4.69) is 22.5 Å². The second-order valence-electron chi connectivity index (χ2n) is 7.00. The second-order valence-corrected chi connectivity index (χ2v) is 7.00. The predicted octanol–water partition coefficient (Wildman–Crippen LogP) is 2.19. The van der Waals surface area contributed by atoms with Gasteiger partial charge in [-0.05, 0) is 17.7 Å². The molecule has 1 aromatic carbocycles. The lowest BCUT2D eigenvalue weighted by Gasteiger charge is -2.14. The summed E-state index contributed by atoms with van der Waals surface area (Å²) in [5, 5.41) is 7.27. The van der Waals surface area contributed by atoms with Crippen molar-refractivity contribution in [2.24, 2.45) is 5.92 Å². The molecule has 3 heterocycles. The van der Waals surface area contributed by atoms with Gasteiger partial charge in [-0.2, -0.15) is 5.10 Å². The lowest BCUT2D eigenvalue weighted by Crippen LogP contribution is -2.32. The summed E-state index contributed by atoms with van der Waals surface area (Å²) in [6.07, 6.45) is 5.50. The number of carbonyl (C=O) groups excluding carboxylic acids is 2. The zero-order valence-electron chi connectivity index (χ0n) is 15.5. The van der Waals surface area contributed by atoms with Gasteiger partial charge in [-0.25, -0.2) is 0 Å². The fourth-order valence-corrected chi connectivity index (χ4v) is 3.38. The highest BCUT2D eigenvalue weighted by Crippen LogP contribution is 2.20. The summed E-state index contributed by atoms with van der Waals surface area (Å²) in [4.78, 5) is 26.3. The van der Waals surface area contributed by atoms with Gasteiger partial charge in [-0.3, -0.25) is 14.3 Å². The Morgan fingerprint density at radius 3 is 2.79 bits per heavy atom. The summed E-state index contributed by atoms with van der Waals surface area (Å²) >= 11 is 0. The van der Waals surface area contributed by atoms with Crippen LogP contribution in [0, 0.1) is 5.92 Å². The Hall–Kier alpha value is -3.35. The lowest BCUT2D eigenvalue weighted by atomic mass is 10.1. The molecule has 0 spiro atoms. The second kappa shape index (κ2) is 8.12. The number of carbonyl (C=O) groups is 2. The molecule has 2 amide bonds. The molecule has 1 aliphatic heterocycles. The van der Waals surface area contributed by atoms with E-state index in [-0.39, 0.29) is 24.2 Å². The number of amides is 2. The van der Waals surface area contributed by atoms with Gasteiger partial charge in [-0.15, -0.1) is 0 Å². The Balaban J connectivity index is 1.27. The van der Waals surface area contributed by atoms with Crippen LogP contribution in [0.25, 0.3) is 0 Å². The van der Waals surface area contributed by atoms with Crippen LogP contribution in [0.5, 0.6) is 0 Å². The smallest absolute Gasteiger partial charge is 0.225 e. The number of nitrogens with zero attached hydrogens (tertiary/aromatic N) is 3. The van der Waals surface area contributed by atoms with Gasteiger partial charge in [0.05, 0.1) is 31.5 Å². The van der Waals surface area contributed by atoms with Crippen LogP contribution >= 0.6 is 0 Å². The lowest BCUT2D eigenvalue weighted by molar-refractivity contribution is -0.129. The first-order valence-electron chi connectivity index (χ1n) is 9.30. The Morgan fingerprint density at radius 1 is 1.14 bits per heavy atom. The summed E-state index contributed by atoms with van der Waals surface area (Å²) in [5.74, 6) is 0.264. The average Bonchev–Trinajstić information content (AvgIpc) is 3.44. The van der Waals surface area contributed by atoms with Gasteiger partial charge >= 0.3 is 0 Å². The molecule has 1 fully saturated rings. The standard InChI is InChI=1S/C21H22N4O3/c26-20-9-18(14-24(20)15-19-7-4-8-28-19)21(27)22-10-17-11-23-25(13-17)12-16-5-2-1-3-6-16/h1-8,11,13,18H,9-10,12,14-15H2,(H,22,27). The van der Waals surface area contributed by atoms with Gasteiger partial charge in [0.2, 0.25) is 11.8 Å². The Bertz CT molecular complexity index is 934. The van der Waals surface area contributed by atoms with Crippen LogP contribution < -0.4 is 5.32 Å². The minimum atomic E-state index is -0.332. The zero-order chi connectivity index (χ0) is 19.3. The Labute approximate surface area is 162 Å². The molecule has 1 aliphatic rings. The van der Waals surface area contributed by atoms with Crippen molar-refractivity contribution in [2.75, 3.05) is 6.54 Å². The molecule has 144 valence electrons. The Kier molecular flexibility index (Phi) is 5.23. The fraction of sp³-hybridized carbons (Fsp3) is 0.286. The highest BCUT2D eigenvalue weighted by Gasteiger charge is 2.34. The van der Waals surface area contributed by atoms with E-state index in [1.807, 2.05) is 35.1 Å². The van der Waals surface area contributed by atoms with Crippen molar-refractivity contribution >= 4 is 11.8 Å². The first kappa shape index (κ1) is 18.0. The molecule has 28 heavy (non-hydrogen) atoms. The highest BCUT2D eigenvalue weighted by atomic mass is 16.3. The minimum Gasteiger partial charge on any atom is -0.467 e. The predicted molar refractivity (Wildman–Crippen MR) is 102 cm³/mol. The van der Waals surface area contributed by atoms with E-state index in [9.17, 15) is 9.59 Å². The number of hydrogen-bond acceptors (Lipinski definition) is 4. The molecule has 0 saturated carbocycles. The number of hydrogen-bond donors (Lipinski definition) is 1. The van der Waals surface area contributed by atoms with Crippen molar-refractivity contribution in [2.45, 2.75) is 26.1 Å². The molecular formula is C21H22N4O3. The van der Waals surface area contributed by atoms with Gasteiger partial charge in [0.25, 0.3) is 0 Å². The largest absolute Gasteiger partial charge is 0.467 e. The fourth-order valence-electron chi connectivity index (χ4n) is 3.38. The number of rotatable bonds is 7. The first-order valence-corrected chi connectivity index (χ1v) is 9.30. The molecule has 1 saturated heterocycles. The van der Waals surface area contributed by atoms with Crippen LogP contribution in [0.3, 0.4) is 0 Å². The quantitative estimate of drug-likeness (QED) is 0.683. The highest BCUT2D eigenvalue weighted by molar-refractivity contribution is 5.89. The van der Waals surface area contributed by atoms with E-state index in [0.717, 1.165) is 11.3 Å². The van der Waals surface area contributed by atoms with Gasteiger partial charge in [0, 0.05) is 31.3 Å². The van der Waals surface area contributed by atoms with Crippen LogP contribution in [-0.4, -0.2) is 33.0 Å². The van der Waals surface area contributed by atoms with Gasteiger partial charge in [-0.1, -0.05) is 30.3 Å². The maximum atomic E-state index is 12.5. The monoisotopic (exact) mass is 378 g/mol. The summed E-state index contributed by atoms with van der Waals surface area (Å²) in [6.45, 7) is 1.91. The molecule has 0 bridgehead atoms.